The van der Waals surface area contributed by atoms with Crippen molar-refractivity contribution in [2.75, 3.05) is 0 Å². The lowest BCUT2D eigenvalue weighted by atomic mass is 10.3. The second-order valence-corrected chi connectivity index (χ2v) is 5.20. The van der Waals surface area contributed by atoms with Gasteiger partial charge in [0.25, 0.3) is 0 Å². The molecule has 0 saturated heterocycles. The van der Waals surface area contributed by atoms with Gasteiger partial charge in [-0.25, -0.2) is 0 Å². The first-order valence-electron chi connectivity index (χ1n) is 3.70. The molecule has 1 saturated carbocycles. The highest BCUT2D eigenvalue weighted by atomic mass is 79.9. The smallest absolute Gasteiger partial charge is 0.0314 e. The number of nitrogens with two attached hydrogens (primary N) is 1. The van der Waals surface area contributed by atoms with Crippen molar-refractivity contribution in [3.05, 3.63) is 20.3 Å². The van der Waals surface area contributed by atoms with Gasteiger partial charge in [0.05, 0.1) is 0 Å². The van der Waals surface area contributed by atoms with Gasteiger partial charge in [-0.05, 0) is 35.3 Å². The fourth-order valence-electron chi connectivity index (χ4n) is 1.21. The molecule has 1 aromatic rings. The third-order valence-electron chi connectivity index (χ3n) is 2.08. The van der Waals surface area contributed by atoms with Gasteiger partial charge in [0.15, 0.2) is 0 Å². The number of hydrogen-bond acceptors (Lipinski definition) is 2. The van der Waals surface area contributed by atoms with Crippen molar-refractivity contribution in [2.24, 2.45) is 5.73 Å². The van der Waals surface area contributed by atoms with Gasteiger partial charge in [-0.2, -0.15) is 0 Å². The van der Waals surface area contributed by atoms with Gasteiger partial charge in [-0.15, -0.1) is 11.3 Å². The minimum atomic E-state index is 0.431. The average molecular weight is 232 g/mol. The fraction of sp³-hybridized carbons (Fsp3) is 0.500. The summed E-state index contributed by atoms with van der Waals surface area (Å²) in [6, 6.07) is 2.64. The predicted octanol–water partition coefficient (Wildman–Crippen LogP) is 2.63. The third kappa shape index (κ3) is 1.37. The molecule has 1 aromatic heterocycles. The van der Waals surface area contributed by atoms with E-state index < -0.39 is 0 Å². The molecule has 2 atom stereocenters. The molecular weight excluding hydrogens is 222 g/mol. The van der Waals surface area contributed by atoms with Crippen molar-refractivity contribution in [3.8, 4) is 0 Å². The Morgan fingerprint density at radius 2 is 2.36 bits per heavy atom. The highest BCUT2D eigenvalue weighted by Crippen LogP contribution is 2.44. The molecule has 0 aromatic carbocycles. The summed E-state index contributed by atoms with van der Waals surface area (Å²) in [5, 5.41) is 0. The van der Waals surface area contributed by atoms with Crippen molar-refractivity contribution in [2.45, 2.75) is 25.3 Å². The monoisotopic (exact) mass is 231 g/mol. The summed E-state index contributed by atoms with van der Waals surface area (Å²) in [5.41, 5.74) is 5.75. The molecular formula is C8H10BrNS. The van der Waals surface area contributed by atoms with E-state index in [1.165, 1.54) is 20.6 Å². The molecule has 1 heterocycles. The fourth-order valence-corrected chi connectivity index (χ4v) is 2.96. The molecule has 0 unspecified atom stereocenters. The summed E-state index contributed by atoms with van der Waals surface area (Å²) >= 11 is 5.36. The van der Waals surface area contributed by atoms with Crippen LogP contribution in [0.4, 0.5) is 0 Å². The molecule has 0 radical (unpaired) electrons. The first kappa shape index (κ1) is 7.77. The Kier molecular flexibility index (Phi) is 1.82. The van der Waals surface area contributed by atoms with E-state index in [0.29, 0.717) is 12.0 Å². The van der Waals surface area contributed by atoms with Gasteiger partial charge < -0.3 is 5.73 Å². The Balaban J connectivity index is 2.26. The Labute approximate surface area is 78.7 Å². The number of thiophene rings is 1. The van der Waals surface area contributed by atoms with E-state index in [-0.39, 0.29) is 0 Å². The molecule has 60 valence electrons. The molecule has 1 nitrogen and oxygen atoms in total. The standard InChI is InChI=1S/C8H10BrNS/c1-4-6(9)3-8(11-4)5-2-7(5)10/h3,5,7H,2,10H2,1H3/t5-,7-/m1/s1. The molecule has 0 amide bonds. The van der Waals surface area contributed by atoms with Crippen molar-refractivity contribution in [3.63, 3.8) is 0 Å². The SMILES string of the molecule is Cc1sc([C@@H]2C[C@H]2N)cc1Br. The summed E-state index contributed by atoms with van der Waals surface area (Å²) in [6.07, 6.45) is 1.17. The first-order chi connectivity index (χ1) is 5.18. The van der Waals surface area contributed by atoms with E-state index in [0.717, 1.165) is 0 Å². The number of aryl methyl sites for hydroxylation is 1. The van der Waals surface area contributed by atoms with Crippen LogP contribution in [0, 0.1) is 6.92 Å². The van der Waals surface area contributed by atoms with Crippen LogP contribution in [0.3, 0.4) is 0 Å². The van der Waals surface area contributed by atoms with Gasteiger partial charge in [-0.3, -0.25) is 0 Å². The Bertz CT molecular complexity index is 262. The van der Waals surface area contributed by atoms with E-state index in [2.05, 4.69) is 28.9 Å². The zero-order valence-corrected chi connectivity index (χ0v) is 8.71. The van der Waals surface area contributed by atoms with Crippen LogP contribution >= 0.6 is 27.3 Å². The van der Waals surface area contributed by atoms with Crippen LogP contribution in [-0.4, -0.2) is 6.04 Å². The molecule has 1 aliphatic rings. The molecule has 1 fully saturated rings. The van der Waals surface area contributed by atoms with Crippen LogP contribution in [-0.2, 0) is 0 Å². The Morgan fingerprint density at radius 3 is 2.73 bits per heavy atom. The zero-order chi connectivity index (χ0) is 8.01. The van der Waals surface area contributed by atoms with Crippen LogP contribution in [0.15, 0.2) is 10.5 Å². The molecule has 2 N–H and O–H groups in total. The maximum Gasteiger partial charge on any atom is 0.0314 e. The second-order valence-electron chi connectivity index (χ2n) is 3.06. The lowest BCUT2D eigenvalue weighted by Crippen LogP contribution is -1.99. The van der Waals surface area contributed by atoms with E-state index >= 15 is 0 Å². The van der Waals surface area contributed by atoms with Gasteiger partial charge in [-0.1, -0.05) is 0 Å². The van der Waals surface area contributed by atoms with Crippen molar-refractivity contribution in [1.29, 1.82) is 0 Å². The quantitative estimate of drug-likeness (QED) is 0.791. The normalized spacial score (nSPS) is 29.0. The Hall–Kier alpha value is 0.140. The minimum absolute atomic E-state index is 0.431. The van der Waals surface area contributed by atoms with Gasteiger partial charge in [0.2, 0.25) is 0 Å². The predicted molar refractivity (Wildman–Crippen MR) is 52.1 cm³/mol. The first-order valence-corrected chi connectivity index (χ1v) is 5.31. The molecule has 3 heteroatoms. The number of hydrogen-bond donors (Lipinski definition) is 1. The molecule has 11 heavy (non-hydrogen) atoms. The van der Waals surface area contributed by atoms with Gasteiger partial charge in [0.1, 0.15) is 0 Å². The lowest BCUT2D eigenvalue weighted by molar-refractivity contribution is 1.01. The van der Waals surface area contributed by atoms with E-state index in [9.17, 15) is 0 Å². The van der Waals surface area contributed by atoms with Crippen LogP contribution in [0.1, 0.15) is 22.1 Å². The summed E-state index contributed by atoms with van der Waals surface area (Å²) in [6.45, 7) is 2.13. The van der Waals surface area contributed by atoms with Gasteiger partial charge >= 0.3 is 0 Å². The topological polar surface area (TPSA) is 26.0 Å². The maximum absolute atomic E-state index is 5.75. The second kappa shape index (κ2) is 2.57. The van der Waals surface area contributed by atoms with Crippen LogP contribution in [0.25, 0.3) is 0 Å². The van der Waals surface area contributed by atoms with Crippen LogP contribution < -0.4 is 5.73 Å². The highest BCUT2D eigenvalue weighted by molar-refractivity contribution is 9.10. The average Bonchev–Trinajstić information content (AvgIpc) is 2.56. The third-order valence-corrected chi connectivity index (χ3v) is 4.35. The molecule has 0 aliphatic heterocycles. The largest absolute Gasteiger partial charge is 0.327 e. The van der Waals surface area contributed by atoms with Crippen LogP contribution in [0.2, 0.25) is 0 Å². The summed E-state index contributed by atoms with van der Waals surface area (Å²) in [5.74, 6) is 0.657. The van der Waals surface area contributed by atoms with Crippen molar-refractivity contribution >= 4 is 27.3 Å². The minimum Gasteiger partial charge on any atom is -0.327 e. The van der Waals surface area contributed by atoms with E-state index in [1.807, 2.05) is 11.3 Å². The highest BCUT2D eigenvalue weighted by Gasteiger charge is 2.36. The van der Waals surface area contributed by atoms with Crippen molar-refractivity contribution in [1.82, 2.24) is 0 Å². The molecule has 1 aliphatic carbocycles. The summed E-state index contributed by atoms with van der Waals surface area (Å²) < 4.78 is 1.23. The number of halogens is 1. The van der Waals surface area contributed by atoms with E-state index in [1.54, 1.807) is 0 Å². The molecule has 0 spiro atoms. The van der Waals surface area contributed by atoms with Crippen LogP contribution in [0.5, 0.6) is 0 Å². The van der Waals surface area contributed by atoms with Crippen molar-refractivity contribution < 1.29 is 0 Å². The number of rotatable bonds is 1. The summed E-state index contributed by atoms with van der Waals surface area (Å²) in [4.78, 5) is 2.81. The summed E-state index contributed by atoms with van der Waals surface area (Å²) in [7, 11) is 0. The molecule has 2 rings (SSSR count). The zero-order valence-electron chi connectivity index (χ0n) is 6.30. The Morgan fingerprint density at radius 1 is 1.73 bits per heavy atom. The molecule has 0 bridgehead atoms. The maximum atomic E-state index is 5.75. The lowest BCUT2D eigenvalue weighted by Gasteiger charge is -1.87. The van der Waals surface area contributed by atoms with E-state index in [4.69, 9.17) is 5.73 Å². The van der Waals surface area contributed by atoms with Gasteiger partial charge in [0, 0.05) is 26.2 Å².